The summed E-state index contributed by atoms with van der Waals surface area (Å²) in [6.45, 7) is 6.54. The lowest BCUT2D eigenvalue weighted by Gasteiger charge is -2.21. The molecule has 0 radical (unpaired) electrons. The first-order valence-corrected chi connectivity index (χ1v) is 8.62. The van der Waals surface area contributed by atoms with Gasteiger partial charge >= 0.3 is 0 Å². The van der Waals surface area contributed by atoms with Gasteiger partial charge in [-0.05, 0) is 25.0 Å². The lowest BCUT2D eigenvalue weighted by molar-refractivity contribution is 0.0358. The topological polar surface area (TPSA) is 55.4 Å². The molecule has 0 unspecified atom stereocenters. The van der Waals surface area contributed by atoms with Gasteiger partial charge in [-0.25, -0.2) is 13.1 Å². The zero-order valence-electron chi connectivity index (χ0n) is 12.1. The highest BCUT2D eigenvalue weighted by atomic mass is 35.5. The lowest BCUT2D eigenvalue weighted by atomic mass is 10.1. The van der Waals surface area contributed by atoms with E-state index in [0.29, 0.717) is 12.5 Å². The molecular formula is C14H22ClNO3S. The van der Waals surface area contributed by atoms with E-state index >= 15 is 0 Å². The molecule has 0 aliphatic heterocycles. The van der Waals surface area contributed by atoms with E-state index in [1.807, 2.05) is 20.8 Å². The summed E-state index contributed by atoms with van der Waals surface area (Å²) in [5, 5.41) is 0. The third-order valence-electron chi connectivity index (χ3n) is 2.96. The minimum atomic E-state index is -3.49. The number of benzene rings is 1. The Kier molecular flexibility index (Phi) is 6.95. The largest absolute Gasteiger partial charge is 0.375 e. The van der Waals surface area contributed by atoms with Gasteiger partial charge in [-0.15, -0.1) is 11.6 Å². The van der Waals surface area contributed by atoms with Gasteiger partial charge in [-0.2, -0.15) is 0 Å². The van der Waals surface area contributed by atoms with E-state index < -0.39 is 10.0 Å². The van der Waals surface area contributed by atoms with Crippen molar-refractivity contribution in [1.82, 2.24) is 4.72 Å². The molecule has 0 aliphatic rings. The molecule has 1 N–H and O–H groups in total. The first-order valence-electron chi connectivity index (χ1n) is 6.60. The van der Waals surface area contributed by atoms with Crippen LogP contribution in [0.25, 0.3) is 0 Å². The fraction of sp³-hybridized carbons (Fsp3) is 0.571. The number of nitrogens with one attached hydrogen (secondary N) is 1. The van der Waals surface area contributed by atoms with Crippen molar-refractivity contribution in [2.45, 2.75) is 31.8 Å². The average molecular weight is 320 g/mol. The van der Waals surface area contributed by atoms with Crippen molar-refractivity contribution in [3.63, 3.8) is 0 Å². The predicted octanol–water partition coefficient (Wildman–Crippen LogP) is 2.55. The van der Waals surface area contributed by atoms with Crippen LogP contribution in [0.3, 0.4) is 0 Å². The van der Waals surface area contributed by atoms with Gasteiger partial charge in [-0.3, -0.25) is 0 Å². The van der Waals surface area contributed by atoms with Crippen LogP contribution in [0.5, 0.6) is 0 Å². The van der Waals surface area contributed by atoms with Crippen LogP contribution in [-0.2, 0) is 14.8 Å². The van der Waals surface area contributed by atoms with E-state index in [-0.39, 0.29) is 23.5 Å². The van der Waals surface area contributed by atoms with Crippen LogP contribution in [0.1, 0.15) is 19.4 Å². The highest BCUT2D eigenvalue weighted by molar-refractivity contribution is 7.89. The smallest absolute Gasteiger partial charge is 0.240 e. The summed E-state index contributed by atoms with van der Waals surface area (Å²) >= 11 is 5.59. The second-order valence-electron chi connectivity index (χ2n) is 5.01. The number of sulfonamides is 1. The monoisotopic (exact) mass is 319 g/mol. The maximum atomic E-state index is 12.2. The summed E-state index contributed by atoms with van der Waals surface area (Å²) in [4.78, 5) is 0.267. The first kappa shape index (κ1) is 17.4. The van der Waals surface area contributed by atoms with Gasteiger partial charge in [0.1, 0.15) is 0 Å². The van der Waals surface area contributed by atoms with Gasteiger partial charge in [0, 0.05) is 12.4 Å². The molecule has 4 nitrogen and oxygen atoms in total. The molecule has 0 saturated heterocycles. The summed E-state index contributed by atoms with van der Waals surface area (Å²) in [6, 6.07) is 6.75. The standard InChI is InChI=1S/C14H22ClNO3S/c1-11(2)14(19-9-8-15)10-16-20(17,18)13-6-4-12(3)5-7-13/h4-7,11,14,16H,8-10H2,1-3H3/t14-/m1/s1. The SMILES string of the molecule is Cc1ccc(S(=O)(=O)NC[C@@H](OCCCl)C(C)C)cc1. The third-order valence-corrected chi connectivity index (χ3v) is 4.55. The molecular weight excluding hydrogens is 298 g/mol. The van der Waals surface area contributed by atoms with Crippen molar-refractivity contribution >= 4 is 21.6 Å². The molecule has 20 heavy (non-hydrogen) atoms. The van der Waals surface area contributed by atoms with E-state index in [0.717, 1.165) is 5.56 Å². The zero-order valence-corrected chi connectivity index (χ0v) is 13.7. The molecule has 0 aromatic heterocycles. The number of hydrogen-bond acceptors (Lipinski definition) is 3. The Morgan fingerprint density at radius 2 is 1.85 bits per heavy atom. The Labute approximate surface area is 126 Å². The van der Waals surface area contributed by atoms with E-state index in [4.69, 9.17) is 16.3 Å². The molecule has 0 saturated carbocycles. The van der Waals surface area contributed by atoms with Gasteiger partial charge in [0.15, 0.2) is 0 Å². The maximum Gasteiger partial charge on any atom is 0.240 e. The van der Waals surface area contributed by atoms with E-state index in [1.165, 1.54) is 0 Å². The quantitative estimate of drug-likeness (QED) is 0.749. The Morgan fingerprint density at radius 1 is 1.25 bits per heavy atom. The molecule has 0 amide bonds. The first-order chi connectivity index (χ1) is 9.36. The molecule has 1 aromatic rings. The fourth-order valence-electron chi connectivity index (χ4n) is 1.68. The molecule has 114 valence electrons. The third kappa shape index (κ3) is 5.40. The van der Waals surface area contributed by atoms with E-state index in [2.05, 4.69) is 4.72 Å². The van der Waals surface area contributed by atoms with Crippen LogP contribution in [0, 0.1) is 12.8 Å². The molecule has 1 rings (SSSR count). The Balaban J connectivity index is 2.68. The maximum absolute atomic E-state index is 12.2. The van der Waals surface area contributed by atoms with Crippen LogP contribution in [0.15, 0.2) is 29.2 Å². The number of alkyl halides is 1. The summed E-state index contributed by atoms with van der Waals surface area (Å²) in [5.74, 6) is 0.604. The van der Waals surface area contributed by atoms with Crippen LogP contribution in [-0.4, -0.2) is 33.6 Å². The molecule has 0 heterocycles. The molecule has 0 aliphatic carbocycles. The molecule has 0 bridgehead atoms. The van der Waals surface area contributed by atoms with Crippen molar-refractivity contribution in [1.29, 1.82) is 0 Å². The summed E-state index contributed by atoms with van der Waals surface area (Å²) in [7, 11) is -3.49. The number of aryl methyl sites for hydroxylation is 1. The minimum absolute atomic E-state index is 0.186. The molecule has 0 spiro atoms. The van der Waals surface area contributed by atoms with Crippen LogP contribution < -0.4 is 4.72 Å². The van der Waals surface area contributed by atoms with Gasteiger partial charge in [0.05, 0.1) is 17.6 Å². The van der Waals surface area contributed by atoms with Gasteiger partial charge in [0.25, 0.3) is 0 Å². The van der Waals surface area contributed by atoms with Gasteiger partial charge < -0.3 is 4.74 Å². The van der Waals surface area contributed by atoms with E-state index in [1.54, 1.807) is 24.3 Å². The molecule has 0 fully saturated rings. The average Bonchev–Trinajstić information content (AvgIpc) is 2.38. The Morgan fingerprint density at radius 3 is 2.35 bits per heavy atom. The fourth-order valence-corrected chi connectivity index (χ4v) is 2.81. The molecule has 1 aromatic carbocycles. The van der Waals surface area contributed by atoms with Gasteiger partial charge in [0.2, 0.25) is 10.0 Å². The zero-order chi connectivity index (χ0) is 15.2. The van der Waals surface area contributed by atoms with Crippen molar-refractivity contribution < 1.29 is 13.2 Å². The summed E-state index contributed by atoms with van der Waals surface area (Å²) in [6.07, 6.45) is -0.186. The lowest BCUT2D eigenvalue weighted by Crippen LogP contribution is -2.37. The number of rotatable bonds is 8. The number of halogens is 1. The summed E-state index contributed by atoms with van der Waals surface area (Å²) < 4.78 is 32.4. The second kappa shape index (κ2) is 7.98. The predicted molar refractivity (Wildman–Crippen MR) is 81.7 cm³/mol. The van der Waals surface area contributed by atoms with Crippen LogP contribution >= 0.6 is 11.6 Å². The van der Waals surface area contributed by atoms with Crippen molar-refractivity contribution in [2.75, 3.05) is 19.0 Å². The summed E-state index contributed by atoms with van der Waals surface area (Å²) in [5.41, 5.74) is 1.02. The van der Waals surface area contributed by atoms with Crippen molar-refractivity contribution in [3.05, 3.63) is 29.8 Å². The highest BCUT2D eigenvalue weighted by Gasteiger charge is 2.19. The Hall–Kier alpha value is -0.620. The van der Waals surface area contributed by atoms with E-state index in [9.17, 15) is 8.42 Å². The van der Waals surface area contributed by atoms with Gasteiger partial charge in [-0.1, -0.05) is 31.5 Å². The van der Waals surface area contributed by atoms with Crippen LogP contribution in [0.2, 0.25) is 0 Å². The molecule has 1 atom stereocenters. The van der Waals surface area contributed by atoms with Crippen molar-refractivity contribution in [3.8, 4) is 0 Å². The normalized spacial score (nSPS) is 13.7. The molecule has 6 heteroatoms. The Bertz CT molecular complexity index is 500. The van der Waals surface area contributed by atoms with Crippen LogP contribution in [0.4, 0.5) is 0 Å². The highest BCUT2D eigenvalue weighted by Crippen LogP contribution is 2.11. The second-order valence-corrected chi connectivity index (χ2v) is 7.15. The number of hydrogen-bond donors (Lipinski definition) is 1. The van der Waals surface area contributed by atoms with Crippen molar-refractivity contribution in [2.24, 2.45) is 5.92 Å². The minimum Gasteiger partial charge on any atom is -0.375 e. The number of ether oxygens (including phenoxy) is 1.